The van der Waals surface area contributed by atoms with Gasteiger partial charge in [-0.05, 0) is 35.3 Å². The lowest BCUT2D eigenvalue weighted by molar-refractivity contribution is 0.402. The predicted molar refractivity (Wildman–Crippen MR) is 64.4 cm³/mol. The molecule has 0 unspecified atom stereocenters. The fraction of sp³-hybridized carbons (Fsp3) is 0.571. The standard InChI is InChI=1S/C14H18N2/c1-9-10(6-15)12-11(7-16-9)13(2,3)8-14(12,4)5/h7H,8H2,1-5H3. The van der Waals surface area contributed by atoms with Crippen molar-refractivity contribution in [1.82, 2.24) is 4.98 Å². The molecule has 0 aromatic carbocycles. The van der Waals surface area contributed by atoms with Crippen molar-refractivity contribution in [3.63, 3.8) is 0 Å². The van der Waals surface area contributed by atoms with Crippen molar-refractivity contribution in [2.45, 2.75) is 51.9 Å². The molecule has 0 saturated carbocycles. The van der Waals surface area contributed by atoms with Gasteiger partial charge in [-0.25, -0.2) is 0 Å². The Kier molecular flexibility index (Phi) is 2.14. The molecular weight excluding hydrogens is 196 g/mol. The fourth-order valence-corrected chi connectivity index (χ4v) is 3.25. The predicted octanol–water partition coefficient (Wildman–Crippen LogP) is 3.22. The molecule has 2 nitrogen and oxygen atoms in total. The molecule has 0 saturated heterocycles. The third-order valence-corrected chi connectivity index (χ3v) is 3.67. The zero-order valence-electron chi connectivity index (χ0n) is 10.7. The molecule has 0 amide bonds. The second-order valence-corrected chi connectivity index (χ2v) is 6.06. The Morgan fingerprint density at radius 3 is 2.44 bits per heavy atom. The van der Waals surface area contributed by atoms with Crippen LogP contribution >= 0.6 is 0 Å². The Morgan fingerprint density at radius 1 is 1.25 bits per heavy atom. The highest BCUT2D eigenvalue weighted by molar-refractivity contribution is 5.54. The summed E-state index contributed by atoms with van der Waals surface area (Å²) in [7, 11) is 0. The lowest BCUT2D eigenvalue weighted by Crippen LogP contribution is -2.18. The second kappa shape index (κ2) is 3.07. The van der Waals surface area contributed by atoms with Crippen LogP contribution in [0.5, 0.6) is 0 Å². The zero-order valence-corrected chi connectivity index (χ0v) is 10.7. The number of hydrogen-bond acceptors (Lipinski definition) is 2. The maximum absolute atomic E-state index is 9.30. The molecule has 0 aliphatic heterocycles. The summed E-state index contributed by atoms with van der Waals surface area (Å²) in [5.74, 6) is 0. The van der Waals surface area contributed by atoms with Crippen molar-refractivity contribution < 1.29 is 0 Å². The van der Waals surface area contributed by atoms with Crippen LogP contribution in [0, 0.1) is 18.3 Å². The van der Waals surface area contributed by atoms with E-state index in [1.165, 1.54) is 11.1 Å². The van der Waals surface area contributed by atoms with E-state index in [1.807, 2.05) is 13.1 Å². The summed E-state index contributed by atoms with van der Waals surface area (Å²) in [5, 5.41) is 9.30. The monoisotopic (exact) mass is 214 g/mol. The van der Waals surface area contributed by atoms with E-state index in [2.05, 4.69) is 38.7 Å². The van der Waals surface area contributed by atoms with Crippen LogP contribution in [-0.2, 0) is 10.8 Å². The summed E-state index contributed by atoms with van der Waals surface area (Å²) < 4.78 is 0. The number of aryl methyl sites for hydroxylation is 1. The minimum atomic E-state index is 0.0809. The van der Waals surface area contributed by atoms with Gasteiger partial charge in [0.2, 0.25) is 0 Å². The van der Waals surface area contributed by atoms with Gasteiger partial charge >= 0.3 is 0 Å². The van der Waals surface area contributed by atoms with E-state index < -0.39 is 0 Å². The van der Waals surface area contributed by atoms with Crippen molar-refractivity contribution in [2.24, 2.45) is 0 Å². The molecule has 1 aromatic rings. The maximum atomic E-state index is 9.30. The largest absolute Gasteiger partial charge is 0.260 e. The van der Waals surface area contributed by atoms with E-state index in [0.717, 1.165) is 17.7 Å². The Bertz CT molecular complexity index is 490. The summed E-state index contributed by atoms with van der Waals surface area (Å²) in [6, 6.07) is 2.33. The third kappa shape index (κ3) is 1.35. The van der Waals surface area contributed by atoms with E-state index in [4.69, 9.17) is 0 Å². The number of hydrogen-bond donors (Lipinski definition) is 0. The van der Waals surface area contributed by atoms with Gasteiger partial charge in [0.05, 0.1) is 11.3 Å². The number of fused-ring (bicyclic) bond motifs is 1. The fourth-order valence-electron chi connectivity index (χ4n) is 3.25. The van der Waals surface area contributed by atoms with Gasteiger partial charge in [-0.1, -0.05) is 27.7 Å². The first kappa shape index (κ1) is 11.1. The third-order valence-electron chi connectivity index (χ3n) is 3.67. The average Bonchev–Trinajstić information content (AvgIpc) is 2.32. The minimum Gasteiger partial charge on any atom is -0.260 e. The van der Waals surface area contributed by atoms with Crippen molar-refractivity contribution in [3.05, 3.63) is 28.6 Å². The number of nitrogens with zero attached hydrogens (tertiary/aromatic N) is 2. The van der Waals surface area contributed by atoms with Crippen LogP contribution in [0.25, 0.3) is 0 Å². The maximum Gasteiger partial charge on any atom is 0.101 e. The first-order chi connectivity index (χ1) is 7.29. The zero-order chi connectivity index (χ0) is 12.1. The molecule has 2 rings (SSSR count). The molecule has 1 aliphatic carbocycles. The Balaban J connectivity index is 2.82. The van der Waals surface area contributed by atoms with Gasteiger partial charge in [0.25, 0.3) is 0 Å². The highest BCUT2D eigenvalue weighted by Gasteiger charge is 2.44. The van der Waals surface area contributed by atoms with E-state index >= 15 is 0 Å². The summed E-state index contributed by atoms with van der Waals surface area (Å²) in [6.45, 7) is 10.8. The molecule has 84 valence electrons. The van der Waals surface area contributed by atoms with Gasteiger partial charge in [-0.3, -0.25) is 4.98 Å². The van der Waals surface area contributed by atoms with Crippen LogP contribution in [0.3, 0.4) is 0 Å². The Labute approximate surface area is 97.3 Å². The van der Waals surface area contributed by atoms with Gasteiger partial charge in [0, 0.05) is 6.20 Å². The van der Waals surface area contributed by atoms with Crippen molar-refractivity contribution >= 4 is 0 Å². The van der Waals surface area contributed by atoms with Gasteiger partial charge < -0.3 is 0 Å². The number of aromatic nitrogens is 1. The van der Waals surface area contributed by atoms with Crippen LogP contribution in [0.15, 0.2) is 6.20 Å². The molecular formula is C14H18N2. The summed E-state index contributed by atoms with van der Waals surface area (Å²) in [5.41, 5.74) is 4.31. The van der Waals surface area contributed by atoms with Crippen molar-refractivity contribution in [3.8, 4) is 6.07 Å². The van der Waals surface area contributed by atoms with Crippen LogP contribution in [0.4, 0.5) is 0 Å². The van der Waals surface area contributed by atoms with E-state index in [0.29, 0.717) is 0 Å². The SMILES string of the molecule is Cc1ncc2c(c1C#N)C(C)(C)CC2(C)C. The quantitative estimate of drug-likeness (QED) is 0.665. The molecule has 0 N–H and O–H groups in total. The lowest BCUT2D eigenvalue weighted by Gasteiger charge is -2.22. The molecule has 1 heterocycles. The Hall–Kier alpha value is -1.36. The van der Waals surface area contributed by atoms with Crippen LogP contribution in [0.1, 0.15) is 56.5 Å². The summed E-state index contributed by atoms with van der Waals surface area (Å²) in [4.78, 5) is 4.36. The van der Waals surface area contributed by atoms with Gasteiger partial charge in [-0.2, -0.15) is 5.26 Å². The molecule has 1 aliphatic rings. The topological polar surface area (TPSA) is 36.7 Å². The molecule has 2 heteroatoms. The van der Waals surface area contributed by atoms with E-state index in [1.54, 1.807) is 0 Å². The molecule has 0 bridgehead atoms. The first-order valence-electron chi connectivity index (χ1n) is 5.70. The molecule has 16 heavy (non-hydrogen) atoms. The highest BCUT2D eigenvalue weighted by Crippen LogP contribution is 2.50. The molecule has 0 radical (unpaired) electrons. The summed E-state index contributed by atoms with van der Waals surface area (Å²) in [6.07, 6.45) is 3.04. The average molecular weight is 214 g/mol. The molecule has 0 spiro atoms. The van der Waals surface area contributed by atoms with Crippen LogP contribution < -0.4 is 0 Å². The second-order valence-electron chi connectivity index (χ2n) is 6.06. The summed E-state index contributed by atoms with van der Waals surface area (Å²) >= 11 is 0. The van der Waals surface area contributed by atoms with Crippen LogP contribution in [0.2, 0.25) is 0 Å². The minimum absolute atomic E-state index is 0.0809. The number of nitriles is 1. The van der Waals surface area contributed by atoms with Crippen molar-refractivity contribution in [2.75, 3.05) is 0 Å². The van der Waals surface area contributed by atoms with E-state index in [-0.39, 0.29) is 10.8 Å². The number of pyridine rings is 1. The van der Waals surface area contributed by atoms with Crippen molar-refractivity contribution in [1.29, 1.82) is 5.26 Å². The van der Waals surface area contributed by atoms with Crippen LogP contribution in [-0.4, -0.2) is 4.98 Å². The Morgan fingerprint density at radius 2 is 1.88 bits per heavy atom. The lowest BCUT2D eigenvalue weighted by atomic mass is 9.81. The molecule has 0 atom stereocenters. The van der Waals surface area contributed by atoms with E-state index in [9.17, 15) is 5.26 Å². The highest BCUT2D eigenvalue weighted by atomic mass is 14.7. The molecule has 1 aromatic heterocycles. The molecule has 0 fully saturated rings. The smallest absolute Gasteiger partial charge is 0.101 e. The number of rotatable bonds is 0. The van der Waals surface area contributed by atoms with Gasteiger partial charge in [0.15, 0.2) is 0 Å². The normalized spacial score (nSPS) is 20.2. The van der Waals surface area contributed by atoms with Gasteiger partial charge in [0.1, 0.15) is 6.07 Å². The first-order valence-corrected chi connectivity index (χ1v) is 5.70. The van der Waals surface area contributed by atoms with Gasteiger partial charge in [-0.15, -0.1) is 0 Å².